The van der Waals surface area contributed by atoms with Gasteiger partial charge in [0, 0.05) is 12.3 Å². The standard InChI is InChI=1S/C11H15NO3/c13-9-5-8(6-10(9)14)7-15-11-3-1-2-4-12-11/h1-4,8-10,13-14H,5-7H2/t8?,9-,10+. The smallest absolute Gasteiger partial charge is 0.213 e. The normalized spacial score (nSPS) is 30.4. The Bertz CT molecular complexity index is 294. The van der Waals surface area contributed by atoms with Gasteiger partial charge in [-0.3, -0.25) is 0 Å². The van der Waals surface area contributed by atoms with E-state index in [1.807, 2.05) is 12.1 Å². The van der Waals surface area contributed by atoms with E-state index in [0.717, 1.165) is 0 Å². The first-order valence-corrected chi connectivity index (χ1v) is 5.15. The molecule has 0 radical (unpaired) electrons. The highest BCUT2D eigenvalue weighted by molar-refractivity contribution is 5.09. The molecule has 1 aliphatic carbocycles. The summed E-state index contributed by atoms with van der Waals surface area (Å²) in [6, 6.07) is 5.48. The molecule has 1 heterocycles. The van der Waals surface area contributed by atoms with Gasteiger partial charge in [0.05, 0.1) is 18.8 Å². The fourth-order valence-corrected chi connectivity index (χ4v) is 1.87. The van der Waals surface area contributed by atoms with Gasteiger partial charge in [0.2, 0.25) is 5.88 Å². The molecule has 1 saturated carbocycles. The molecule has 1 unspecified atom stereocenters. The molecule has 0 aliphatic heterocycles. The fraction of sp³-hybridized carbons (Fsp3) is 0.545. The van der Waals surface area contributed by atoms with Crippen molar-refractivity contribution in [2.24, 2.45) is 5.92 Å². The SMILES string of the molecule is O[C@@H]1CC(COc2ccccn2)C[C@@H]1O. The lowest BCUT2D eigenvalue weighted by molar-refractivity contribution is 0.0438. The minimum absolute atomic E-state index is 0.219. The van der Waals surface area contributed by atoms with Crippen molar-refractivity contribution in [3.05, 3.63) is 24.4 Å². The van der Waals surface area contributed by atoms with E-state index in [2.05, 4.69) is 4.98 Å². The van der Waals surface area contributed by atoms with Gasteiger partial charge in [0.25, 0.3) is 0 Å². The first kappa shape index (κ1) is 10.4. The van der Waals surface area contributed by atoms with Gasteiger partial charge in [-0.05, 0) is 24.8 Å². The monoisotopic (exact) mass is 209 g/mol. The van der Waals surface area contributed by atoms with E-state index in [0.29, 0.717) is 25.3 Å². The molecule has 1 fully saturated rings. The van der Waals surface area contributed by atoms with E-state index in [1.54, 1.807) is 12.3 Å². The third-order valence-electron chi connectivity index (χ3n) is 2.70. The molecule has 1 aliphatic rings. The Morgan fingerprint density at radius 2 is 2.00 bits per heavy atom. The van der Waals surface area contributed by atoms with Crippen molar-refractivity contribution in [2.45, 2.75) is 25.0 Å². The molecule has 1 aromatic heterocycles. The van der Waals surface area contributed by atoms with E-state index in [1.165, 1.54) is 0 Å². The third kappa shape index (κ3) is 2.67. The van der Waals surface area contributed by atoms with Crippen molar-refractivity contribution >= 4 is 0 Å². The van der Waals surface area contributed by atoms with Crippen LogP contribution in [0.1, 0.15) is 12.8 Å². The van der Waals surface area contributed by atoms with Gasteiger partial charge in [0.15, 0.2) is 0 Å². The van der Waals surface area contributed by atoms with Crippen LogP contribution in [0.15, 0.2) is 24.4 Å². The molecule has 1 aromatic rings. The van der Waals surface area contributed by atoms with Gasteiger partial charge in [-0.1, -0.05) is 6.07 Å². The number of aliphatic hydroxyl groups excluding tert-OH is 2. The lowest BCUT2D eigenvalue weighted by Crippen LogP contribution is -2.17. The number of rotatable bonds is 3. The average molecular weight is 209 g/mol. The summed E-state index contributed by atoms with van der Waals surface area (Å²) < 4.78 is 5.45. The number of hydrogen-bond donors (Lipinski definition) is 2. The number of nitrogens with zero attached hydrogens (tertiary/aromatic N) is 1. The van der Waals surface area contributed by atoms with Crippen LogP contribution < -0.4 is 4.74 Å². The zero-order chi connectivity index (χ0) is 10.7. The molecule has 82 valence electrons. The first-order valence-electron chi connectivity index (χ1n) is 5.15. The van der Waals surface area contributed by atoms with Crippen molar-refractivity contribution in [1.29, 1.82) is 0 Å². The summed E-state index contributed by atoms with van der Waals surface area (Å²) in [5.41, 5.74) is 0. The summed E-state index contributed by atoms with van der Waals surface area (Å²) in [4.78, 5) is 4.03. The van der Waals surface area contributed by atoms with Crippen LogP contribution in [0.2, 0.25) is 0 Å². The van der Waals surface area contributed by atoms with Gasteiger partial charge in [-0.2, -0.15) is 0 Å². The zero-order valence-corrected chi connectivity index (χ0v) is 8.41. The molecule has 0 amide bonds. The quantitative estimate of drug-likeness (QED) is 0.765. The van der Waals surface area contributed by atoms with Crippen LogP contribution in [0, 0.1) is 5.92 Å². The molecular weight excluding hydrogens is 194 g/mol. The lowest BCUT2D eigenvalue weighted by atomic mass is 10.1. The first-order chi connectivity index (χ1) is 7.25. The topological polar surface area (TPSA) is 62.6 Å². The second-order valence-corrected chi connectivity index (χ2v) is 3.95. The van der Waals surface area contributed by atoms with Gasteiger partial charge < -0.3 is 14.9 Å². The highest BCUT2D eigenvalue weighted by Gasteiger charge is 2.31. The number of hydrogen-bond acceptors (Lipinski definition) is 4. The minimum Gasteiger partial charge on any atom is -0.477 e. The summed E-state index contributed by atoms with van der Waals surface area (Å²) in [7, 11) is 0. The molecule has 0 aromatic carbocycles. The predicted molar refractivity (Wildman–Crippen MR) is 54.5 cm³/mol. The zero-order valence-electron chi connectivity index (χ0n) is 8.41. The van der Waals surface area contributed by atoms with Gasteiger partial charge >= 0.3 is 0 Å². The van der Waals surface area contributed by atoms with E-state index < -0.39 is 12.2 Å². The number of aliphatic hydroxyl groups is 2. The summed E-state index contributed by atoms with van der Waals surface area (Å²) >= 11 is 0. The number of pyridine rings is 1. The Hall–Kier alpha value is -1.13. The fourth-order valence-electron chi connectivity index (χ4n) is 1.87. The molecular formula is C11H15NO3. The van der Waals surface area contributed by atoms with Gasteiger partial charge in [-0.25, -0.2) is 4.98 Å². The number of ether oxygens (including phenoxy) is 1. The Labute approximate surface area is 88.5 Å². The molecule has 4 heteroatoms. The minimum atomic E-state index is -0.595. The molecule has 0 saturated heterocycles. The summed E-state index contributed by atoms with van der Waals surface area (Å²) in [6.45, 7) is 0.505. The van der Waals surface area contributed by atoms with Crippen molar-refractivity contribution in [3.8, 4) is 5.88 Å². The second kappa shape index (κ2) is 4.59. The van der Waals surface area contributed by atoms with Crippen LogP contribution >= 0.6 is 0 Å². The molecule has 4 nitrogen and oxygen atoms in total. The highest BCUT2D eigenvalue weighted by Crippen LogP contribution is 2.26. The van der Waals surface area contributed by atoms with Crippen molar-refractivity contribution in [1.82, 2.24) is 4.98 Å². The van der Waals surface area contributed by atoms with Crippen LogP contribution in [0.4, 0.5) is 0 Å². The maximum atomic E-state index is 9.34. The van der Waals surface area contributed by atoms with Crippen molar-refractivity contribution in [2.75, 3.05) is 6.61 Å². The summed E-state index contributed by atoms with van der Waals surface area (Å²) in [5, 5.41) is 18.7. The van der Waals surface area contributed by atoms with Crippen molar-refractivity contribution in [3.63, 3.8) is 0 Å². The maximum absolute atomic E-state index is 9.34. The van der Waals surface area contributed by atoms with E-state index >= 15 is 0 Å². The average Bonchev–Trinajstić information content (AvgIpc) is 2.57. The predicted octanol–water partition coefficient (Wildman–Crippen LogP) is 0.592. The molecule has 3 atom stereocenters. The molecule has 0 spiro atoms. The third-order valence-corrected chi connectivity index (χ3v) is 2.70. The largest absolute Gasteiger partial charge is 0.477 e. The molecule has 15 heavy (non-hydrogen) atoms. The summed E-state index contributed by atoms with van der Waals surface area (Å²) in [6.07, 6.45) is 1.69. The van der Waals surface area contributed by atoms with Crippen LogP contribution in [-0.4, -0.2) is 34.0 Å². The number of aromatic nitrogens is 1. The van der Waals surface area contributed by atoms with Crippen molar-refractivity contribution < 1.29 is 14.9 Å². The molecule has 0 bridgehead atoms. The Kier molecular flexibility index (Phi) is 3.18. The van der Waals surface area contributed by atoms with Crippen LogP contribution in [0.5, 0.6) is 5.88 Å². The van der Waals surface area contributed by atoms with E-state index in [4.69, 9.17) is 4.74 Å². The highest BCUT2D eigenvalue weighted by atomic mass is 16.5. The maximum Gasteiger partial charge on any atom is 0.213 e. The summed E-state index contributed by atoms with van der Waals surface area (Å²) in [5.74, 6) is 0.811. The van der Waals surface area contributed by atoms with E-state index in [9.17, 15) is 10.2 Å². The van der Waals surface area contributed by atoms with Crippen LogP contribution in [0.25, 0.3) is 0 Å². The van der Waals surface area contributed by atoms with E-state index in [-0.39, 0.29) is 5.92 Å². The molecule has 2 N–H and O–H groups in total. The van der Waals surface area contributed by atoms with Gasteiger partial charge in [-0.15, -0.1) is 0 Å². The van der Waals surface area contributed by atoms with Crippen LogP contribution in [0.3, 0.4) is 0 Å². The Balaban J connectivity index is 1.80. The Morgan fingerprint density at radius 3 is 2.60 bits per heavy atom. The Morgan fingerprint density at radius 1 is 1.27 bits per heavy atom. The molecule has 2 rings (SSSR count). The van der Waals surface area contributed by atoms with Crippen LogP contribution in [-0.2, 0) is 0 Å². The van der Waals surface area contributed by atoms with Gasteiger partial charge in [0.1, 0.15) is 0 Å². The lowest BCUT2D eigenvalue weighted by Gasteiger charge is -2.09. The second-order valence-electron chi connectivity index (χ2n) is 3.95.